The molecule has 0 amide bonds. The molecule has 0 aliphatic carbocycles. The highest BCUT2D eigenvalue weighted by Crippen LogP contribution is 2.32. The highest BCUT2D eigenvalue weighted by molar-refractivity contribution is 9.10. The Labute approximate surface area is 169 Å². The van der Waals surface area contributed by atoms with Crippen molar-refractivity contribution in [3.05, 3.63) is 81.2 Å². The average molecular weight is 445 g/mol. The minimum absolute atomic E-state index is 0.461. The van der Waals surface area contributed by atoms with E-state index < -0.39 is 0 Å². The highest BCUT2D eigenvalue weighted by atomic mass is 79.9. The summed E-state index contributed by atoms with van der Waals surface area (Å²) in [5.74, 6) is 0.461. The SMILES string of the molecule is Clc1ccc(Cl)c(Nc2nc(-c3ccccc3)c3cc(Br)ccc3n2)c1. The molecule has 0 aliphatic heterocycles. The molecule has 0 radical (unpaired) electrons. The van der Waals surface area contributed by atoms with E-state index in [1.807, 2.05) is 48.5 Å². The molecule has 0 saturated carbocycles. The third-order valence-corrected chi connectivity index (χ3v) is 4.94. The van der Waals surface area contributed by atoms with Gasteiger partial charge in [-0.15, -0.1) is 0 Å². The van der Waals surface area contributed by atoms with Crippen molar-refractivity contribution in [1.29, 1.82) is 0 Å². The monoisotopic (exact) mass is 443 g/mol. The van der Waals surface area contributed by atoms with Crippen molar-refractivity contribution in [3.8, 4) is 11.3 Å². The zero-order chi connectivity index (χ0) is 18.1. The molecule has 1 N–H and O–H groups in total. The van der Waals surface area contributed by atoms with Crippen molar-refractivity contribution in [2.24, 2.45) is 0 Å². The van der Waals surface area contributed by atoms with Crippen LogP contribution in [-0.4, -0.2) is 9.97 Å². The lowest BCUT2D eigenvalue weighted by Gasteiger charge is -2.12. The van der Waals surface area contributed by atoms with Crippen molar-refractivity contribution in [2.75, 3.05) is 5.32 Å². The summed E-state index contributed by atoms with van der Waals surface area (Å²) in [5.41, 5.74) is 3.35. The van der Waals surface area contributed by atoms with E-state index in [2.05, 4.69) is 26.2 Å². The van der Waals surface area contributed by atoms with Gasteiger partial charge in [-0.1, -0.05) is 69.5 Å². The number of anilines is 2. The maximum absolute atomic E-state index is 6.26. The fourth-order valence-electron chi connectivity index (χ4n) is 2.69. The quantitative estimate of drug-likeness (QED) is 0.365. The summed E-state index contributed by atoms with van der Waals surface area (Å²) in [7, 11) is 0. The Morgan fingerprint density at radius 2 is 1.65 bits per heavy atom. The molecule has 0 saturated heterocycles. The third kappa shape index (κ3) is 3.54. The highest BCUT2D eigenvalue weighted by Gasteiger charge is 2.12. The lowest BCUT2D eigenvalue weighted by molar-refractivity contribution is 1.21. The van der Waals surface area contributed by atoms with Crippen LogP contribution in [0.25, 0.3) is 22.2 Å². The van der Waals surface area contributed by atoms with Crippen LogP contribution in [0.5, 0.6) is 0 Å². The Kier molecular flexibility index (Phi) is 4.81. The summed E-state index contributed by atoms with van der Waals surface area (Å²) < 4.78 is 0.976. The maximum atomic E-state index is 6.26. The molecule has 3 aromatic carbocycles. The van der Waals surface area contributed by atoms with Crippen LogP contribution in [-0.2, 0) is 0 Å². The maximum Gasteiger partial charge on any atom is 0.228 e. The average Bonchev–Trinajstić information content (AvgIpc) is 2.65. The van der Waals surface area contributed by atoms with Gasteiger partial charge in [0.1, 0.15) is 0 Å². The topological polar surface area (TPSA) is 37.8 Å². The van der Waals surface area contributed by atoms with Gasteiger partial charge in [-0.3, -0.25) is 0 Å². The van der Waals surface area contributed by atoms with E-state index in [-0.39, 0.29) is 0 Å². The second kappa shape index (κ2) is 7.23. The first kappa shape index (κ1) is 17.3. The first-order chi connectivity index (χ1) is 12.6. The van der Waals surface area contributed by atoms with Crippen LogP contribution in [0.2, 0.25) is 10.0 Å². The molecular weight excluding hydrogens is 433 g/mol. The van der Waals surface area contributed by atoms with Gasteiger partial charge in [0.15, 0.2) is 0 Å². The first-order valence-corrected chi connectivity index (χ1v) is 9.40. The minimum atomic E-state index is 0.461. The fourth-order valence-corrected chi connectivity index (χ4v) is 3.38. The van der Waals surface area contributed by atoms with Gasteiger partial charge in [-0.25, -0.2) is 9.97 Å². The Bertz CT molecular complexity index is 1100. The van der Waals surface area contributed by atoms with Crippen molar-refractivity contribution in [3.63, 3.8) is 0 Å². The molecule has 0 spiro atoms. The van der Waals surface area contributed by atoms with Crippen LogP contribution in [0.1, 0.15) is 0 Å². The number of nitrogens with one attached hydrogen (secondary N) is 1. The fraction of sp³-hybridized carbons (Fsp3) is 0. The van der Waals surface area contributed by atoms with Crippen LogP contribution in [0.15, 0.2) is 71.2 Å². The van der Waals surface area contributed by atoms with Crippen LogP contribution >= 0.6 is 39.1 Å². The zero-order valence-electron chi connectivity index (χ0n) is 13.4. The van der Waals surface area contributed by atoms with Crippen molar-refractivity contribution >= 4 is 61.7 Å². The molecule has 1 aromatic heterocycles. The lowest BCUT2D eigenvalue weighted by atomic mass is 10.1. The van der Waals surface area contributed by atoms with Gasteiger partial charge in [0.2, 0.25) is 5.95 Å². The molecule has 26 heavy (non-hydrogen) atoms. The summed E-state index contributed by atoms with van der Waals surface area (Å²) in [6, 6.07) is 21.2. The zero-order valence-corrected chi connectivity index (χ0v) is 16.5. The molecule has 0 bridgehead atoms. The van der Waals surface area contributed by atoms with Crippen LogP contribution in [0.3, 0.4) is 0 Å². The van der Waals surface area contributed by atoms with Gasteiger partial charge >= 0.3 is 0 Å². The summed E-state index contributed by atoms with van der Waals surface area (Å²) in [6.07, 6.45) is 0. The van der Waals surface area contributed by atoms with Crippen LogP contribution in [0.4, 0.5) is 11.6 Å². The van der Waals surface area contributed by atoms with E-state index in [1.165, 1.54) is 0 Å². The van der Waals surface area contributed by atoms with Crippen molar-refractivity contribution < 1.29 is 0 Å². The van der Waals surface area contributed by atoms with Gasteiger partial charge in [0.05, 0.1) is 21.9 Å². The molecule has 128 valence electrons. The van der Waals surface area contributed by atoms with E-state index in [4.69, 9.17) is 28.2 Å². The summed E-state index contributed by atoms with van der Waals surface area (Å²) in [6.45, 7) is 0. The smallest absolute Gasteiger partial charge is 0.228 e. The molecule has 0 unspecified atom stereocenters. The molecule has 0 fully saturated rings. The summed E-state index contributed by atoms with van der Waals surface area (Å²) in [4.78, 5) is 9.36. The van der Waals surface area contributed by atoms with Crippen molar-refractivity contribution in [2.45, 2.75) is 0 Å². The second-order valence-electron chi connectivity index (χ2n) is 5.67. The first-order valence-electron chi connectivity index (χ1n) is 7.85. The lowest BCUT2D eigenvalue weighted by Crippen LogP contribution is -2.00. The number of fused-ring (bicyclic) bond motifs is 1. The molecular formula is C20H12BrCl2N3. The predicted molar refractivity (Wildman–Crippen MR) is 112 cm³/mol. The number of nitrogens with zero attached hydrogens (tertiary/aromatic N) is 2. The number of rotatable bonds is 3. The van der Waals surface area contributed by atoms with Gasteiger partial charge in [0, 0.05) is 20.4 Å². The Morgan fingerprint density at radius 3 is 2.46 bits per heavy atom. The van der Waals surface area contributed by atoms with E-state index in [9.17, 15) is 0 Å². The van der Waals surface area contributed by atoms with Crippen LogP contribution in [0, 0.1) is 0 Å². The molecule has 0 aliphatic rings. The number of halogens is 3. The number of hydrogen-bond acceptors (Lipinski definition) is 3. The number of benzene rings is 3. The van der Waals surface area contributed by atoms with E-state index in [1.54, 1.807) is 18.2 Å². The van der Waals surface area contributed by atoms with Gasteiger partial charge < -0.3 is 5.32 Å². The Morgan fingerprint density at radius 1 is 0.846 bits per heavy atom. The molecule has 4 aromatic rings. The van der Waals surface area contributed by atoms with E-state index in [0.29, 0.717) is 21.7 Å². The normalized spacial score (nSPS) is 10.9. The summed E-state index contributed by atoms with van der Waals surface area (Å²) in [5, 5.41) is 5.28. The largest absolute Gasteiger partial charge is 0.323 e. The van der Waals surface area contributed by atoms with E-state index in [0.717, 1.165) is 26.6 Å². The summed E-state index contributed by atoms with van der Waals surface area (Å²) >= 11 is 15.9. The molecule has 3 nitrogen and oxygen atoms in total. The molecule has 6 heteroatoms. The number of hydrogen-bond donors (Lipinski definition) is 1. The minimum Gasteiger partial charge on any atom is -0.323 e. The van der Waals surface area contributed by atoms with Gasteiger partial charge in [0.25, 0.3) is 0 Å². The predicted octanol–water partition coefficient (Wildman–Crippen LogP) is 7.11. The third-order valence-electron chi connectivity index (χ3n) is 3.88. The molecule has 0 atom stereocenters. The van der Waals surface area contributed by atoms with Gasteiger partial charge in [-0.2, -0.15) is 0 Å². The molecule has 1 heterocycles. The standard InChI is InChI=1S/C20H12BrCl2N3/c21-13-6-9-17-15(10-13)19(12-4-2-1-3-5-12)26-20(24-17)25-18-11-14(22)7-8-16(18)23/h1-11H,(H,24,25,26). The Hall–Kier alpha value is -2.14. The van der Waals surface area contributed by atoms with Crippen LogP contribution < -0.4 is 5.32 Å². The van der Waals surface area contributed by atoms with Gasteiger partial charge in [-0.05, 0) is 36.4 Å². The second-order valence-corrected chi connectivity index (χ2v) is 7.43. The van der Waals surface area contributed by atoms with E-state index >= 15 is 0 Å². The number of aromatic nitrogens is 2. The Balaban J connectivity index is 1.89. The molecule has 4 rings (SSSR count). The van der Waals surface area contributed by atoms with Crippen molar-refractivity contribution in [1.82, 2.24) is 9.97 Å².